The lowest BCUT2D eigenvalue weighted by Gasteiger charge is -2.11. The van der Waals surface area contributed by atoms with E-state index in [0.29, 0.717) is 6.61 Å². The zero-order valence-electron chi connectivity index (χ0n) is 12.1. The minimum atomic E-state index is 0.472. The first-order chi connectivity index (χ1) is 9.72. The lowest BCUT2D eigenvalue weighted by molar-refractivity contribution is 0.283. The summed E-state index contributed by atoms with van der Waals surface area (Å²) in [6, 6.07) is 6.00. The van der Waals surface area contributed by atoms with Crippen LogP contribution in [-0.2, 0) is 13.2 Å². The van der Waals surface area contributed by atoms with E-state index < -0.39 is 0 Å². The lowest BCUT2D eigenvalue weighted by atomic mass is 10.2. The van der Waals surface area contributed by atoms with E-state index in [1.54, 1.807) is 18.4 Å². The molecule has 1 aromatic heterocycles. The highest BCUT2D eigenvalue weighted by Crippen LogP contribution is 2.29. The van der Waals surface area contributed by atoms with E-state index in [2.05, 4.69) is 17.2 Å². The molecule has 0 saturated heterocycles. The zero-order chi connectivity index (χ0) is 14.4. The summed E-state index contributed by atoms with van der Waals surface area (Å²) in [4.78, 5) is 4.39. The third-order valence-corrected chi connectivity index (χ3v) is 3.77. The van der Waals surface area contributed by atoms with Crippen molar-refractivity contribution in [2.45, 2.75) is 27.0 Å². The van der Waals surface area contributed by atoms with Gasteiger partial charge in [0.15, 0.2) is 11.5 Å². The smallest absolute Gasteiger partial charge is 0.162 e. The van der Waals surface area contributed by atoms with E-state index in [0.717, 1.165) is 35.3 Å². The van der Waals surface area contributed by atoms with Crippen LogP contribution < -0.4 is 14.8 Å². The minimum Gasteiger partial charge on any atom is -0.493 e. The molecular formula is C15H20N2O2S. The molecule has 0 radical (unpaired) electrons. The molecule has 4 nitrogen and oxygen atoms in total. The second kappa shape index (κ2) is 7.26. The largest absolute Gasteiger partial charge is 0.493 e. The van der Waals surface area contributed by atoms with Crippen molar-refractivity contribution in [2.75, 3.05) is 13.7 Å². The van der Waals surface area contributed by atoms with E-state index in [1.807, 2.05) is 30.5 Å². The molecule has 2 rings (SSSR count). The summed E-state index contributed by atoms with van der Waals surface area (Å²) in [5.41, 5.74) is 2.21. The molecule has 1 heterocycles. The number of rotatable bonds is 7. The Hall–Kier alpha value is -1.59. The first-order valence-corrected chi connectivity index (χ1v) is 7.52. The van der Waals surface area contributed by atoms with Gasteiger partial charge in [0.1, 0.15) is 11.6 Å². The van der Waals surface area contributed by atoms with E-state index in [9.17, 15) is 0 Å². The number of nitrogens with one attached hydrogen (secondary N) is 1. The molecule has 0 saturated carbocycles. The van der Waals surface area contributed by atoms with Crippen LogP contribution in [-0.4, -0.2) is 18.6 Å². The SMILES string of the molecule is CCNCc1ccc(OC)c(OCc2nc(C)cs2)c1. The maximum atomic E-state index is 5.84. The monoisotopic (exact) mass is 292 g/mol. The van der Waals surface area contributed by atoms with Gasteiger partial charge in [0.25, 0.3) is 0 Å². The number of thiazole rings is 1. The second-order valence-corrected chi connectivity index (χ2v) is 5.38. The summed E-state index contributed by atoms with van der Waals surface area (Å²) in [5.74, 6) is 1.51. The number of aromatic nitrogens is 1. The fourth-order valence-electron chi connectivity index (χ4n) is 1.82. The Labute approximate surface area is 123 Å². The molecular weight excluding hydrogens is 272 g/mol. The Balaban J connectivity index is 2.07. The van der Waals surface area contributed by atoms with Crippen molar-refractivity contribution in [3.8, 4) is 11.5 Å². The van der Waals surface area contributed by atoms with Crippen LogP contribution in [0.3, 0.4) is 0 Å². The third-order valence-electron chi connectivity index (χ3n) is 2.82. The standard InChI is InChI=1S/C15H20N2O2S/c1-4-16-8-12-5-6-13(18-3)14(7-12)19-9-15-17-11(2)10-20-15/h5-7,10,16H,4,8-9H2,1-3H3. The van der Waals surface area contributed by atoms with Gasteiger partial charge in [-0.2, -0.15) is 0 Å². The Morgan fingerprint density at radius 3 is 2.80 bits per heavy atom. The van der Waals surface area contributed by atoms with Crippen LogP contribution in [0.5, 0.6) is 11.5 Å². The maximum absolute atomic E-state index is 5.84. The van der Waals surface area contributed by atoms with Gasteiger partial charge in [-0.1, -0.05) is 13.0 Å². The van der Waals surface area contributed by atoms with Gasteiger partial charge in [-0.3, -0.25) is 0 Å². The summed E-state index contributed by atoms with van der Waals surface area (Å²) in [6.07, 6.45) is 0. The highest BCUT2D eigenvalue weighted by atomic mass is 32.1. The number of nitrogens with zero attached hydrogens (tertiary/aromatic N) is 1. The van der Waals surface area contributed by atoms with Crippen LogP contribution in [0.15, 0.2) is 23.6 Å². The van der Waals surface area contributed by atoms with Crippen LogP contribution in [0.25, 0.3) is 0 Å². The van der Waals surface area contributed by atoms with Crippen molar-refractivity contribution in [3.63, 3.8) is 0 Å². The highest BCUT2D eigenvalue weighted by molar-refractivity contribution is 7.09. The van der Waals surface area contributed by atoms with Crippen molar-refractivity contribution in [2.24, 2.45) is 0 Å². The molecule has 5 heteroatoms. The topological polar surface area (TPSA) is 43.4 Å². The van der Waals surface area contributed by atoms with Crippen molar-refractivity contribution >= 4 is 11.3 Å². The van der Waals surface area contributed by atoms with Crippen LogP contribution in [0.2, 0.25) is 0 Å². The molecule has 0 amide bonds. The van der Waals surface area contributed by atoms with Gasteiger partial charge in [-0.15, -0.1) is 11.3 Å². The summed E-state index contributed by atoms with van der Waals surface area (Å²) < 4.78 is 11.2. The third kappa shape index (κ3) is 3.95. The number of benzene rings is 1. The minimum absolute atomic E-state index is 0.472. The van der Waals surface area contributed by atoms with E-state index in [4.69, 9.17) is 9.47 Å². The number of methoxy groups -OCH3 is 1. The van der Waals surface area contributed by atoms with Crippen molar-refractivity contribution < 1.29 is 9.47 Å². The van der Waals surface area contributed by atoms with Crippen LogP contribution in [0, 0.1) is 6.92 Å². The molecule has 0 fully saturated rings. The van der Waals surface area contributed by atoms with E-state index in [-0.39, 0.29) is 0 Å². The lowest BCUT2D eigenvalue weighted by Crippen LogP contribution is -2.11. The molecule has 0 spiro atoms. The first-order valence-electron chi connectivity index (χ1n) is 6.64. The number of aryl methyl sites for hydroxylation is 1. The van der Waals surface area contributed by atoms with Gasteiger partial charge in [-0.05, 0) is 31.2 Å². The van der Waals surface area contributed by atoms with Gasteiger partial charge < -0.3 is 14.8 Å². The molecule has 0 aliphatic rings. The van der Waals surface area contributed by atoms with Crippen LogP contribution >= 0.6 is 11.3 Å². The number of hydrogen-bond donors (Lipinski definition) is 1. The Morgan fingerprint density at radius 1 is 1.30 bits per heavy atom. The summed E-state index contributed by atoms with van der Waals surface area (Å²) in [7, 11) is 1.65. The fraction of sp³-hybridized carbons (Fsp3) is 0.400. The molecule has 0 bridgehead atoms. The van der Waals surface area contributed by atoms with Crippen LogP contribution in [0.1, 0.15) is 23.2 Å². The predicted molar refractivity (Wildman–Crippen MR) is 81.6 cm³/mol. The van der Waals surface area contributed by atoms with Gasteiger partial charge in [0.2, 0.25) is 0 Å². The Morgan fingerprint density at radius 2 is 2.15 bits per heavy atom. The van der Waals surface area contributed by atoms with Gasteiger partial charge in [-0.25, -0.2) is 4.98 Å². The average molecular weight is 292 g/mol. The number of ether oxygens (including phenoxy) is 2. The Bertz CT molecular complexity index is 555. The maximum Gasteiger partial charge on any atom is 0.162 e. The molecule has 0 aliphatic carbocycles. The molecule has 0 aliphatic heterocycles. The molecule has 0 atom stereocenters. The highest BCUT2D eigenvalue weighted by Gasteiger charge is 2.07. The Kier molecular flexibility index (Phi) is 5.38. The van der Waals surface area contributed by atoms with Crippen LogP contribution in [0.4, 0.5) is 0 Å². The fourth-order valence-corrected chi connectivity index (χ4v) is 2.50. The van der Waals surface area contributed by atoms with Gasteiger partial charge in [0.05, 0.1) is 7.11 Å². The molecule has 20 heavy (non-hydrogen) atoms. The van der Waals surface area contributed by atoms with Crippen molar-refractivity contribution in [3.05, 3.63) is 39.8 Å². The molecule has 2 aromatic rings. The summed E-state index contributed by atoms with van der Waals surface area (Å²) >= 11 is 1.61. The first kappa shape index (κ1) is 14.8. The predicted octanol–water partition coefficient (Wildman–Crippen LogP) is 3.15. The molecule has 1 aromatic carbocycles. The molecule has 108 valence electrons. The normalized spacial score (nSPS) is 10.6. The zero-order valence-corrected chi connectivity index (χ0v) is 12.9. The van der Waals surface area contributed by atoms with E-state index in [1.165, 1.54) is 5.56 Å². The number of hydrogen-bond acceptors (Lipinski definition) is 5. The summed E-state index contributed by atoms with van der Waals surface area (Å²) in [5, 5.41) is 6.30. The average Bonchev–Trinajstić information content (AvgIpc) is 2.88. The summed E-state index contributed by atoms with van der Waals surface area (Å²) in [6.45, 7) is 6.32. The molecule has 1 N–H and O–H groups in total. The van der Waals surface area contributed by atoms with Crippen molar-refractivity contribution in [1.29, 1.82) is 0 Å². The quantitative estimate of drug-likeness (QED) is 0.851. The second-order valence-electron chi connectivity index (χ2n) is 4.44. The van der Waals surface area contributed by atoms with Gasteiger partial charge in [0, 0.05) is 17.6 Å². The van der Waals surface area contributed by atoms with Gasteiger partial charge >= 0.3 is 0 Å². The van der Waals surface area contributed by atoms with E-state index >= 15 is 0 Å². The van der Waals surface area contributed by atoms with Crippen molar-refractivity contribution in [1.82, 2.24) is 10.3 Å². The molecule has 0 unspecified atom stereocenters.